The van der Waals surface area contributed by atoms with E-state index >= 15 is 0 Å². The van der Waals surface area contributed by atoms with E-state index < -0.39 is 0 Å². The first-order chi connectivity index (χ1) is 18.2. The molecule has 222 valence electrons. The molecule has 2 aromatic rings. The van der Waals surface area contributed by atoms with Gasteiger partial charge in [0.15, 0.2) is 17.1 Å². The number of quaternary nitrogens is 1. The Balaban J connectivity index is 0.000000274. The molecule has 2 aromatic carbocycles. The van der Waals surface area contributed by atoms with E-state index in [1.54, 1.807) is 0 Å². The van der Waals surface area contributed by atoms with Crippen LogP contribution in [-0.4, -0.2) is 65.3 Å². The highest BCUT2D eigenvalue weighted by Crippen LogP contribution is 2.31. The van der Waals surface area contributed by atoms with Gasteiger partial charge in [-0.3, -0.25) is 14.5 Å². The van der Waals surface area contributed by atoms with Crippen LogP contribution < -0.4 is 24.0 Å². The van der Waals surface area contributed by atoms with Gasteiger partial charge in [0.2, 0.25) is 0 Å². The topological polar surface area (TPSA) is 37.4 Å². The molecule has 4 rings (SSSR count). The van der Waals surface area contributed by atoms with Crippen molar-refractivity contribution in [2.75, 3.05) is 33.2 Å². The molecule has 2 fully saturated rings. The quantitative estimate of drug-likeness (QED) is 0.320. The number of halogens is 1. The highest BCUT2D eigenvalue weighted by atomic mass is 127. The second-order valence-corrected chi connectivity index (χ2v) is 13.3. The fourth-order valence-corrected chi connectivity index (χ4v) is 6.36. The number of likely N-dealkylation sites (tertiary alicyclic amines) is 2. The number of carbonyl (C=O) groups excluding carboxylic acids is 2. The summed E-state index contributed by atoms with van der Waals surface area (Å²) in [5.74, 6) is 0.714. The maximum absolute atomic E-state index is 12.9. The fourth-order valence-electron chi connectivity index (χ4n) is 6.36. The molecule has 0 amide bonds. The van der Waals surface area contributed by atoms with Gasteiger partial charge in [0.1, 0.15) is 0 Å². The minimum Gasteiger partial charge on any atom is -1.00 e. The van der Waals surface area contributed by atoms with Crippen molar-refractivity contribution in [3.8, 4) is 0 Å². The molecule has 0 radical (unpaired) electrons. The number of benzene rings is 2. The standard InChI is InChI=1S/C18H28NO.C17H25NO.HI/c1-14-9-8-10-15(2)16(14)13-17(20)18(3,4)19(5)11-6-7-12-19;1-13-8-7-9-14(2)15(13)12-16(19)17(3,4)18-10-5-6-11-18;/h8-10H,6-7,11-13H2,1-5H3;7-9H,5-6,10-12H2,1-4H3;1H/q+1;;/p-1. The van der Waals surface area contributed by atoms with Gasteiger partial charge < -0.3 is 28.5 Å². The second-order valence-electron chi connectivity index (χ2n) is 13.3. The van der Waals surface area contributed by atoms with Crippen LogP contribution in [-0.2, 0) is 22.4 Å². The third-order valence-electron chi connectivity index (χ3n) is 10.1. The van der Waals surface area contributed by atoms with Gasteiger partial charge in [0.05, 0.1) is 25.7 Å². The van der Waals surface area contributed by atoms with E-state index in [1.807, 2.05) is 0 Å². The van der Waals surface area contributed by atoms with E-state index in [0.717, 1.165) is 30.7 Å². The molecule has 40 heavy (non-hydrogen) atoms. The molecule has 2 aliphatic heterocycles. The van der Waals surface area contributed by atoms with Crippen molar-refractivity contribution in [3.63, 3.8) is 0 Å². The van der Waals surface area contributed by atoms with Gasteiger partial charge in [0, 0.05) is 25.7 Å². The first-order valence-electron chi connectivity index (χ1n) is 15.0. The predicted octanol–water partition coefficient (Wildman–Crippen LogP) is 3.73. The predicted molar refractivity (Wildman–Crippen MR) is 163 cm³/mol. The number of aryl methyl sites for hydroxylation is 4. The summed E-state index contributed by atoms with van der Waals surface area (Å²) in [6.45, 7) is 21.2. The summed E-state index contributed by atoms with van der Waals surface area (Å²) in [6.07, 6.45) is 6.06. The molecule has 0 N–H and O–H groups in total. The van der Waals surface area contributed by atoms with Gasteiger partial charge in [-0.1, -0.05) is 36.4 Å². The molecule has 5 heteroatoms. The molecule has 2 saturated heterocycles. The van der Waals surface area contributed by atoms with Crippen LogP contribution in [0.25, 0.3) is 0 Å². The molecule has 0 aromatic heterocycles. The molecule has 4 nitrogen and oxygen atoms in total. The Kier molecular flexibility index (Phi) is 12.2. The number of Topliss-reactive ketones (excluding diaryl/α,β-unsaturated/α-hetero) is 2. The van der Waals surface area contributed by atoms with E-state index in [2.05, 4.69) is 104 Å². The summed E-state index contributed by atoms with van der Waals surface area (Å²) in [5.41, 5.74) is 6.74. The lowest BCUT2D eigenvalue weighted by Gasteiger charge is -2.43. The van der Waals surface area contributed by atoms with Gasteiger partial charge in [0.25, 0.3) is 0 Å². The smallest absolute Gasteiger partial charge is 0.196 e. The minimum absolute atomic E-state index is 0. The summed E-state index contributed by atoms with van der Waals surface area (Å²) >= 11 is 0. The molecule has 0 aliphatic carbocycles. The number of likely N-dealkylation sites (N-methyl/N-ethyl adjacent to an activating group) is 1. The Hall–Kier alpha value is -1.57. The van der Waals surface area contributed by atoms with E-state index in [4.69, 9.17) is 0 Å². The monoisotopic (exact) mass is 660 g/mol. The highest BCUT2D eigenvalue weighted by Gasteiger charge is 2.47. The molecule has 2 heterocycles. The van der Waals surface area contributed by atoms with Crippen molar-refractivity contribution in [2.45, 2.75) is 105 Å². The molecule has 0 atom stereocenters. The van der Waals surface area contributed by atoms with Gasteiger partial charge in [-0.15, -0.1) is 0 Å². The molecule has 2 aliphatic rings. The summed E-state index contributed by atoms with van der Waals surface area (Å²) < 4.78 is 0.900. The number of hydrogen-bond acceptors (Lipinski definition) is 3. The highest BCUT2D eigenvalue weighted by molar-refractivity contribution is 5.90. The zero-order chi connectivity index (χ0) is 29.0. The zero-order valence-corrected chi connectivity index (χ0v) is 28.8. The molecule has 0 spiro atoms. The maximum Gasteiger partial charge on any atom is 0.196 e. The van der Waals surface area contributed by atoms with Crippen molar-refractivity contribution < 1.29 is 38.0 Å². The van der Waals surface area contributed by atoms with Crippen molar-refractivity contribution in [2.24, 2.45) is 0 Å². The van der Waals surface area contributed by atoms with E-state index in [-0.39, 0.29) is 35.1 Å². The number of carbonyl (C=O) groups is 2. The third-order valence-corrected chi connectivity index (χ3v) is 10.1. The van der Waals surface area contributed by atoms with Gasteiger partial charge in [-0.2, -0.15) is 0 Å². The summed E-state index contributed by atoms with van der Waals surface area (Å²) in [5, 5.41) is 0. The fraction of sp³-hybridized carbons (Fsp3) is 0.600. The summed E-state index contributed by atoms with van der Waals surface area (Å²) in [7, 11) is 2.25. The van der Waals surface area contributed by atoms with Gasteiger partial charge in [-0.05, 0) is 115 Å². The first kappa shape index (κ1) is 34.6. The van der Waals surface area contributed by atoms with Crippen LogP contribution in [0.1, 0.15) is 86.8 Å². The minimum atomic E-state index is -0.328. The lowest BCUT2D eigenvalue weighted by atomic mass is 9.87. The van der Waals surface area contributed by atoms with E-state index in [9.17, 15) is 9.59 Å². The average Bonchev–Trinajstić information content (AvgIpc) is 3.57. The Morgan fingerprint density at radius 1 is 0.700 bits per heavy atom. The molecule has 0 bridgehead atoms. The van der Waals surface area contributed by atoms with Crippen LogP contribution in [0.4, 0.5) is 0 Å². The lowest BCUT2D eigenvalue weighted by molar-refractivity contribution is -0.934. The van der Waals surface area contributed by atoms with Gasteiger partial charge >= 0.3 is 0 Å². The van der Waals surface area contributed by atoms with Crippen molar-refractivity contribution in [3.05, 3.63) is 69.8 Å². The first-order valence-corrected chi connectivity index (χ1v) is 15.0. The van der Waals surface area contributed by atoms with Gasteiger partial charge in [-0.25, -0.2) is 0 Å². The molecule has 0 saturated carbocycles. The Morgan fingerprint density at radius 3 is 1.48 bits per heavy atom. The molecular formula is C35H53IN2O2. The van der Waals surface area contributed by atoms with Crippen LogP contribution in [0, 0.1) is 27.7 Å². The molecule has 0 unspecified atom stereocenters. The zero-order valence-electron chi connectivity index (χ0n) is 26.6. The Morgan fingerprint density at radius 2 is 1.07 bits per heavy atom. The SMILES string of the molecule is Cc1cccc(C)c1CC(=O)C(C)(C)N1CCCC1.Cc1cccc(C)c1CC(=O)C(C)(C)[N+]1(C)CCCC1.[I-]. The largest absolute Gasteiger partial charge is 1.00 e. The van der Waals surface area contributed by atoms with E-state index in [0.29, 0.717) is 24.4 Å². The Labute approximate surface area is 261 Å². The van der Waals surface area contributed by atoms with Crippen LogP contribution in [0.15, 0.2) is 36.4 Å². The lowest BCUT2D eigenvalue weighted by Crippen LogP contribution is -3.00. The van der Waals surface area contributed by atoms with Crippen LogP contribution in [0.3, 0.4) is 0 Å². The molecular weight excluding hydrogens is 607 g/mol. The summed E-state index contributed by atoms with van der Waals surface area (Å²) in [6, 6.07) is 12.5. The van der Waals surface area contributed by atoms with Crippen LogP contribution >= 0.6 is 0 Å². The Bertz CT molecular complexity index is 1130. The van der Waals surface area contributed by atoms with Crippen molar-refractivity contribution in [1.82, 2.24) is 4.90 Å². The van der Waals surface area contributed by atoms with Crippen molar-refractivity contribution in [1.29, 1.82) is 0 Å². The normalized spacial score (nSPS) is 17.1. The van der Waals surface area contributed by atoms with E-state index in [1.165, 1.54) is 59.1 Å². The van der Waals surface area contributed by atoms with Crippen LogP contribution in [0.2, 0.25) is 0 Å². The number of ketones is 2. The maximum atomic E-state index is 12.9. The number of nitrogens with zero attached hydrogens (tertiary/aromatic N) is 2. The number of hydrogen-bond donors (Lipinski definition) is 0. The van der Waals surface area contributed by atoms with Crippen LogP contribution in [0.5, 0.6) is 0 Å². The average molecular weight is 661 g/mol. The number of rotatable bonds is 8. The summed E-state index contributed by atoms with van der Waals surface area (Å²) in [4.78, 5) is 27.9. The second kappa shape index (κ2) is 14.1. The third kappa shape index (κ3) is 7.63. The van der Waals surface area contributed by atoms with Crippen molar-refractivity contribution >= 4 is 11.6 Å².